The maximum atomic E-state index is 12.1. The molecule has 18 heavy (non-hydrogen) atoms. The van der Waals surface area contributed by atoms with Crippen molar-refractivity contribution in [3.8, 4) is 0 Å². The summed E-state index contributed by atoms with van der Waals surface area (Å²) in [7, 11) is 4.52. The highest BCUT2D eigenvalue weighted by molar-refractivity contribution is 5.84. The van der Waals surface area contributed by atoms with Gasteiger partial charge in [0.15, 0.2) is 0 Å². The first kappa shape index (κ1) is 12.1. The molecular formula is C10H13N5O3. The summed E-state index contributed by atoms with van der Waals surface area (Å²) >= 11 is 0. The van der Waals surface area contributed by atoms with Crippen molar-refractivity contribution in [1.29, 1.82) is 0 Å². The van der Waals surface area contributed by atoms with Crippen molar-refractivity contribution in [2.24, 2.45) is 26.9 Å². The fraction of sp³-hybridized carbons (Fsp3) is 0.400. The molecule has 2 rings (SSSR count). The number of nitrogens with two attached hydrogens (primary N) is 1. The number of hydrogen-bond acceptors (Lipinski definition) is 4. The van der Waals surface area contributed by atoms with E-state index in [1.807, 2.05) is 0 Å². The van der Waals surface area contributed by atoms with E-state index in [0.29, 0.717) is 5.65 Å². The van der Waals surface area contributed by atoms with Gasteiger partial charge in [-0.25, -0.2) is 4.79 Å². The van der Waals surface area contributed by atoms with Crippen LogP contribution in [0.5, 0.6) is 0 Å². The third-order valence-electron chi connectivity index (χ3n) is 2.84. The number of aryl methyl sites for hydroxylation is 2. The summed E-state index contributed by atoms with van der Waals surface area (Å²) in [6, 6.07) is 0. The Balaban J connectivity index is 3.00. The fourth-order valence-corrected chi connectivity index (χ4v) is 2.03. The number of hydrogen-bond donors (Lipinski definition) is 1. The molecule has 0 radical (unpaired) electrons. The number of rotatable bonds is 2. The Morgan fingerprint density at radius 3 is 2.39 bits per heavy atom. The molecule has 1 amide bonds. The minimum absolute atomic E-state index is 0.134. The monoisotopic (exact) mass is 251 g/mol. The van der Waals surface area contributed by atoms with Crippen LogP contribution >= 0.6 is 0 Å². The predicted octanol–water partition coefficient (Wildman–Crippen LogP) is -2.00. The zero-order valence-corrected chi connectivity index (χ0v) is 10.3. The van der Waals surface area contributed by atoms with Crippen LogP contribution in [-0.4, -0.2) is 24.8 Å². The molecule has 8 heteroatoms. The number of amides is 1. The first-order chi connectivity index (χ1) is 8.34. The van der Waals surface area contributed by atoms with Crippen molar-refractivity contribution in [1.82, 2.24) is 18.9 Å². The number of nitrogens with zero attached hydrogens (tertiary/aromatic N) is 4. The van der Waals surface area contributed by atoms with Crippen LogP contribution in [0.4, 0.5) is 0 Å². The first-order valence-electron chi connectivity index (χ1n) is 5.24. The van der Waals surface area contributed by atoms with Gasteiger partial charge in [-0.15, -0.1) is 0 Å². The number of carbonyl (C=O) groups excluding carboxylic acids is 1. The van der Waals surface area contributed by atoms with Crippen LogP contribution in [0.2, 0.25) is 0 Å². The van der Waals surface area contributed by atoms with Gasteiger partial charge in [0, 0.05) is 21.1 Å². The Morgan fingerprint density at radius 1 is 1.22 bits per heavy atom. The summed E-state index contributed by atoms with van der Waals surface area (Å²) in [5, 5.41) is 4.33. The molecule has 0 aliphatic carbocycles. The molecule has 2 aromatic rings. The molecule has 0 saturated heterocycles. The summed E-state index contributed by atoms with van der Waals surface area (Å²) in [5.41, 5.74) is 4.86. The van der Waals surface area contributed by atoms with E-state index < -0.39 is 17.2 Å². The average molecular weight is 251 g/mol. The maximum Gasteiger partial charge on any atom is 0.332 e. The lowest BCUT2D eigenvalue weighted by Gasteiger charge is -2.04. The lowest BCUT2D eigenvalue weighted by Crippen LogP contribution is -2.37. The van der Waals surface area contributed by atoms with Gasteiger partial charge < -0.3 is 5.73 Å². The van der Waals surface area contributed by atoms with Crippen molar-refractivity contribution < 1.29 is 4.79 Å². The van der Waals surface area contributed by atoms with Gasteiger partial charge in [0.25, 0.3) is 5.56 Å². The Kier molecular flexibility index (Phi) is 2.57. The summed E-state index contributed by atoms with van der Waals surface area (Å²) in [6.45, 7) is 0. The van der Waals surface area contributed by atoms with E-state index in [2.05, 4.69) is 5.10 Å². The van der Waals surface area contributed by atoms with Crippen molar-refractivity contribution in [2.75, 3.05) is 0 Å². The molecule has 0 saturated carbocycles. The normalized spacial score (nSPS) is 11.1. The third-order valence-corrected chi connectivity index (χ3v) is 2.84. The van der Waals surface area contributed by atoms with Crippen molar-refractivity contribution >= 4 is 16.9 Å². The minimum Gasteiger partial charge on any atom is -0.369 e. The van der Waals surface area contributed by atoms with E-state index in [1.54, 1.807) is 14.1 Å². The summed E-state index contributed by atoms with van der Waals surface area (Å²) in [6.07, 6.45) is -0.134. The van der Waals surface area contributed by atoms with Crippen LogP contribution in [0.1, 0.15) is 5.69 Å². The Morgan fingerprint density at radius 2 is 1.83 bits per heavy atom. The highest BCUT2D eigenvalue weighted by atomic mass is 16.2. The molecule has 0 fully saturated rings. The number of carbonyl (C=O) groups is 1. The maximum absolute atomic E-state index is 12.1. The molecule has 96 valence electrons. The van der Waals surface area contributed by atoms with Gasteiger partial charge in [-0.2, -0.15) is 5.10 Å². The van der Waals surface area contributed by atoms with E-state index in [9.17, 15) is 14.4 Å². The molecule has 0 bridgehead atoms. The molecule has 2 N–H and O–H groups in total. The molecule has 0 unspecified atom stereocenters. The van der Waals surface area contributed by atoms with E-state index in [-0.39, 0.29) is 17.5 Å². The zero-order chi connectivity index (χ0) is 13.6. The molecule has 8 nitrogen and oxygen atoms in total. The predicted molar refractivity (Wildman–Crippen MR) is 64.1 cm³/mol. The van der Waals surface area contributed by atoms with Crippen LogP contribution < -0.4 is 17.0 Å². The van der Waals surface area contributed by atoms with E-state index in [4.69, 9.17) is 5.73 Å². The molecule has 0 spiro atoms. The fourth-order valence-electron chi connectivity index (χ4n) is 2.03. The summed E-state index contributed by atoms with van der Waals surface area (Å²) < 4.78 is 3.69. The molecular weight excluding hydrogens is 238 g/mol. The molecule has 0 aromatic carbocycles. The summed E-state index contributed by atoms with van der Waals surface area (Å²) in [4.78, 5) is 34.8. The van der Waals surface area contributed by atoms with Crippen LogP contribution in [0.25, 0.3) is 11.0 Å². The van der Waals surface area contributed by atoms with Gasteiger partial charge in [0.2, 0.25) is 5.91 Å². The standard InChI is InChI=1S/C10H13N5O3/c1-13-8-7(9(17)14(2)10(13)18)5(4-6(11)16)12-15(8)3/h4H2,1-3H3,(H2,11,16). The second-order valence-corrected chi connectivity index (χ2v) is 4.12. The SMILES string of the molecule is Cn1c(=O)c2c(CC(N)=O)nn(C)c2n(C)c1=O. The van der Waals surface area contributed by atoms with Crippen LogP contribution in [-0.2, 0) is 32.4 Å². The average Bonchev–Trinajstić information content (AvgIpc) is 2.59. The number of fused-ring (bicyclic) bond motifs is 1. The quantitative estimate of drug-likeness (QED) is 0.666. The van der Waals surface area contributed by atoms with Crippen LogP contribution in [0.15, 0.2) is 9.59 Å². The largest absolute Gasteiger partial charge is 0.369 e. The van der Waals surface area contributed by atoms with E-state index >= 15 is 0 Å². The molecule has 0 aliphatic heterocycles. The second kappa shape index (κ2) is 3.83. The van der Waals surface area contributed by atoms with Gasteiger partial charge in [-0.1, -0.05) is 0 Å². The Bertz CT molecular complexity index is 764. The number of primary amides is 1. The smallest absolute Gasteiger partial charge is 0.332 e. The minimum atomic E-state index is -0.578. The van der Waals surface area contributed by atoms with Crippen molar-refractivity contribution in [2.45, 2.75) is 6.42 Å². The lowest BCUT2D eigenvalue weighted by molar-refractivity contribution is -0.117. The molecule has 2 heterocycles. The van der Waals surface area contributed by atoms with Gasteiger partial charge in [-0.05, 0) is 0 Å². The van der Waals surface area contributed by atoms with Gasteiger partial charge in [-0.3, -0.25) is 23.4 Å². The van der Waals surface area contributed by atoms with E-state index in [1.165, 1.54) is 16.3 Å². The van der Waals surface area contributed by atoms with Crippen LogP contribution in [0.3, 0.4) is 0 Å². The second-order valence-electron chi connectivity index (χ2n) is 4.12. The van der Waals surface area contributed by atoms with Gasteiger partial charge in [0.05, 0.1) is 12.1 Å². The van der Waals surface area contributed by atoms with E-state index in [0.717, 1.165) is 4.57 Å². The van der Waals surface area contributed by atoms with Gasteiger partial charge >= 0.3 is 5.69 Å². The summed E-state index contributed by atoms with van der Waals surface area (Å²) in [5.74, 6) is -0.578. The first-order valence-corrected chi connectivity index (χ1v) is 5.24. The Labute approximate surface area is 101 Å². The topological polar surface area (TPSA) is 105 Å². The molecule has 0 aliphatic rings. The van der Waals surface area contributed by atoms with Crippen LogP contribution in [0, 0.1) is 0 Å². The van der Waals surface area contributed by atoms with Crippen molar-refractivity contribution in [3.05, 3.63) is 26.5 Å². The zero-order valence-electron chi connectivity index (χ0n) is 10.3. The highest BCUT2D eigenvalue weighted by Crippen LogP contribution is 2.12. The van der Waals surface area contributed by atoms with Crippen molar-refractivity contribution in [3.63, 3.8) is 0 Å². The Hall–Kier alpha value is -2.38. The highest BCUT2D eigenvalue weighted by Gasteiger charge is 2.18. The molecule has 2 aromatic heterocycles. The van der Waals surface area contributed by atoms with Gasteiger partial charge in [0.1, 0.15) is 11.0 Å². The lowest BCUT2D eigenvalue weighted by atomic mass is 10.2. The number of aromatic nitrogens is 4. The molecule has 0 atom stereocenters. The third kappa shape index (κ3) is 1.53.